The van der Waals surface area contributed by atoms with Gasteiger partial charge in [0.1, 0.15) is 0 Å². The Morgan fingerprint density at radius 2 is 2.14 bits per heavy atom. The lowest BCUT2D eigenvalue weighted by atomic mass is 9.83. The third-order valence-corrected chi connectivity index (χ3v) is 6.33. The van der Waals surface area contributed by atoms with Gasteiger partial charge in [0.05, 0.1) is 6.10 Å². The van der Waals surface area contributed by atoms with Gasteiger partial charge < -0.3 is 20.1 Å². The van der Waals surface area contributed by atoms with Crippen molar-refractivity contribution in [2.45, 2.75) is 70.6 Å². The molecule has 128 valence electrons. The van der Waals surface area contributed by atoms with E-state index in [1.54, 1.807) is 0 Å². The number of hydrogen-bond donors (Lipinski definition) is 2. The summed E-state index contributed by atoms with van der Waals surface area (Å²) in [5.41, 5.74) is 0.0918. The first kappa shape index (κ1) is 16.7. The van der Waals surface area contributed by atoms with Crippen molar-refractivity contribution in [3.63, 3.8) is 0 Å². The van der Waals surface area contributed by atoms with E-state index in [1.807, 2.05) is 0 Å². The van der Waals surface area contributed by atoms with Crippen LogP contribution in [0, 0.1) is 11.3 Å². The van der Waals surface area contributed by atoms with Gasteiger partial charge in [-0.25, -0.2) is 0 Å². The highest BCUT2D eigenvalue weighted by Gasteiger charge is 2.40. The second kappa shape index (κ2) is 7.16. The predicted molar refractivity (Wildman–Crippen MR) is 89.0 cm³/mol. The topological polar surface area (TPSA) is 44.7 Å². The molecular formula is C18H34N2O2. The van der Waals surface area contributed by atoms with Gasteiger partial charge in [0, 0.05) is 43.8 Å². The van der Waals surface area contributed by atoms with Gasteiger partial charge in [-0.15, -0.1) is 0 Å². The van der Waals surface area contributed by atoms with E-state index < -0.39 is 0 Å². The summed E-state index contributed by atoms with van der Waals surface area (Å²) >= 11 is 0. The summed E-state index contributed by atoms with van der Waals surface area (Å²) in [5.74, 6) is 0.679. The summed E-state index contributed by atoms with van der Waals surface area (Å²) in [6.45, 7) is 9.38. The molecule has 4 heteroatoms. The Kier molecular flexibility index (Phi) is 5.43. The Labute approximate surface area is 135 Å². The molecule has 22 heavy (non-hydrogen) atoms. The zero-order valence-corrected chi connectivity index (χ0v) is 14.4. The fourth-order valence-corrected chi connectivity index (χ4v) is 4.69. The number of likely N-dealkylation sites (tertiary alicyclic amines) is 1. The summed E-state index contributed by atoms with van der Waals surface area (Å²) in [6, 6.07) is 1.10. The van der Waals surface area contributed by atoms with Crippen molar-refractivity contribution in [1.82, 2.24) is 10.2 Å². The van der Waals surface area contributed by atoms with Crippen LogP contribution in [0.5, 0.6) is 0 Å². The van der Waals surface area contributed by atoms with Crippen molar-refractivity contribution in [3.05, 3.63) is 0 Å². The number of hydrogen-bond acceptors (Lipinski definition) is 4. The maximum Gasteiger partial charge on any atom is 0.0702 e. The van der Waals surface area contributed by atoms with Crippen molar-refractivity contribution >= 4 is 0 Å². The molecule has 4 nitrogen and oxygen atoms in total. The van der Waals surface area contributed by atoms with E-state index in [0.717, 1.165) is 19.6 Å². The molecular weight excluding hydrogens is 276 g/mol. The van der Waals surface area contributed by atoms with Crippen LogP contribution in [-0.4, -0.2) is 61.0 Å². The minimum atomic E-state index is 0.0918. The fraction of sp³-hybridized carbons (Fsp3) is 1.00. The molecule has 0 spiro atoms. The summed E-state index contributed by atoms with van der Waals surface area (Å²) < 4.78 is 5.78. The van der Waals surface area contributed by atoms with E-state index >= 15 is 0 Å². The largest absolute Gasteiger partial charge is 0.396 e. The summed E-state index contributed by atoms with van der Waals surface area (Å²) in [6.07, 6.45) is 7.81. The smallest absolute Gasteiger partial charge is 0.0702 e. The van der Waals surface area contributed by atoms with E-state index in [1.165, 1.54) is 45.2 Å². The van der Waals surface area contributed by atoms with Gasteiger partial charge >= 0.3 is 0 Å². The molecule has 5 atom stereocenters. The Balaban J connectivity index is 1.48. The summed E-state index contributed by atoms with van der Waals surface area (Å²) in [4.78, 5) is 2.60. The monoisotopic (exact) mass is 310 g/mol. The summed E-state index contributed by atoms with van der Waals surface area (Å²) in [7, 11) is 0. The molecule has 1 aliphatic carbocycles. The lowest BCUT2D eigenvalue weighted by Gasteiger charge is -2.41. The second-order valence-corrected chi connectivity index (χ2v) is 8.19. The fourth-order valence-electron chi connectivity index (χ4n) is 4.69. The number of ether oxygens (including phenoxy) is 1. The van der Waals surface area contributed by atoms with Crippen LogP contribution >= 0.6 is 0 Å². The molecule has 0 aromatic rings. The third-order valence-electron chi connectivity index (χ3n) is 6.33. The highest BCUT2D eigenvalue weighted by atomic mass is 16.5. The first-order valence-corrected chi connectivity index (χ1v) is 9.31. The highest BCUT2D eigenvalue weighted by molar-refractivity contribution is 4.96. The number of aliphatic hydroxyl groups is 1. The quantitative estimate of drug-likeness (QED) is 0.815. The number of rotatable bonds is 5. The minimum absolute atomic E-state index is 0.0918. The standard InChI is InChI=1S/C18H34N2O2/c1-14-11-20(12-15-5-4-10-22-15)9-7-16(14)19-17-6-3-8-18(17,2)13-21/h14-17,19,21H,3-13H2,1-2H3/t14-,15+,16+,17+,18+/m1/s1. The molecule has 0 unspecified atom stereocenters. The maximum absolute atomic E-state index is 9.73. The van der Waals surface area contributed by atoms with Gasteiger partial charge in [-0.1, -0.05) is 20.3 Å². The van der Waals surface area contributed by atoms with E-state index in [-0.39, 0.29) is 5.41 Å². The molecule has 3 aliphatic rings. The number of nitrogens with one attached hydrogen (secondary N) is 1. The normalized spacial score (nSPS) is 43.8. The van der Waals surface area contributed by atoms with E-state index in [9.17, 15) is 5.11 Å². The molecule has 0 amide bonds. The van der Waals surface area contributed by atoms with Crippen LogP contribution in [0.3, 0.4) is 0 Å². The number of aliphatic hydroxyl groups excluding tert-OH is 1. The molecule has 3 rings (SSSR count). The van der Waals surface area contributed by atoms with Crippen LogP contribution in [0.4, 0.5) is 0 Å². The van der Waals surface area contributed by atoms with Crippen LogP contribution in [0.25, 0.3) is 0 Å². The summed E-state index contributed by atoms with van der Waals surface area (Å²) in [5, 5.41) is 13.6. The average molecular weight is 310 g/mol. The number of nitrogens with zero attached hydrogens (tertiary/aromatic N) is 1. The first-order chi connectivity index (χ1) is 10.6. The van der Waals surface area contributed by atoms with Crippen LogP contribution in [0.2, 0.25) is 0 Å². The average Bonchev–Trinajstić information content (AvgIpc) is 3.13. The van der Waals surface area contributed by atoms with Gasteiger partial charge in [0.15, 0.2) is 0 Å². The SMILES string of the molecule is C[C@@H]1CN(C[C@@H]2CCCO2)CC[C@@H]1N[C@H]1CCC[C@@]1(C)CO. The van der Waals surface area contributed by atoms with E-state index in [0.29, 0.717) is 30.7 Å². The van der Waals surface area contributed by atoms with Crippen LogP contribution in [0.15, 0.2) is 0 Å². The van der Waals surface area contributed by atoms with Crippen molar-refractivity contribution in [2.24, 2.45) is 11.3 Å². The Hall–Kier alpha value is -0.160. The molecule has 1 saturated carbocycles. The van der Waals surface area contributed by atoms with Gasteiger partial charge in [0.25, 0.3) is 0 Å². The van der Waals surface area contributed by atoms with Crippen molar-refractivity contribution in [1.29, 1.82) is 0 Å². The van der Waals surface area contributed by atoms with E-state index in [2.05, 4.69) is 24.1 Å². The van der Waals surface area contributed by atoms with Gasteiger partial charge in [-0.3, -0.25) is 0 Å². The zero-order valence-electron chi connectivity index (χ0n) is 14.4. The second-order valence-electron chi connectivity index (χ2n) is 8.19. The Morgan fingerprint density at radius 3 is 2.82 bits per heavy atom. The molecule has 2 heterocycles. The van der Waals surface area contributed by atoms with Crippen LogP contribution < -0.4 is 5.32 Å². The number of piperidine rings is 1. The molecule has 0 radical (unpaired) electrons. The zero-order chi connectivity index (χ0) is 15.6. The van der Waals surface area contributed by atoms with Crippen LogP contribution in [-0.2, 0) is 4.74 Å². The molecule has 2 N–H and O–H groups in total. The molecule has 2 aliphatic heterocycles. The lowest BCUT2D eigenvalue weighted by Crippen LogP contribution is -2.55. The maximum atomic E-state index is 9.73. The Morgan fingerprint density at radius 1 is 1.27 bits per heavy atom. The lowest BCUT2D eigenvalue weighted by molar-refractivity contribution is 0.0445. The molecule has 0 aromatic carbocycles. The van der Waals surface area contributed by atoms with Gasteiger partial charge in [0.2, 0.25) is 0 Å². The van der Waals surface area contributed by atoms with Crippen molar-refractivity contribution in [2.75, 3.05) is 32.8 Å². The van der Waals surface area contributed by atoms with Gasteiger partial charge in [-0.2, -0.15) is 0 Å². The van der Waals surface area contributed by atoms with Crippen molar-refractivity contribution < 1.29 is 9.84 Å². The minimum Gasteiger partial charge on any atom is -0.396 e. The van der Waals surface area contributed by atoms with E-state index in [4.69, 9.17) is 4.74 Å². The Bertz CT molecular complexity index is 359. The van der Waals surface area contributed by atoms with Gasteiger partial charge in [-0.05, 0) is 44.6 Å². The molecule has 0 bridgehead atoms. The third kappa shape index (κ3) is 3.66. The first-order valence-electron chi connectivity index (χ1n) is 9.31. The predicted octanol–water partition coefficient (Wildman–Crippen LogP) is 2.02. The highest BCUT2D eigenvalue weighted by Crippen LogP contribution is 2.38. The molecule has 2 saturated heterocycles. The van der Waals surface area contributed by atoms with Crippen molar-refractivity contribution in [3.8, 4) is 0 Å². The molecule has 3 fully saturated rings. The van der Waals surface area contributed by atoms with Crippen LogP contribution in [0.1, 0.15) is 52.4 Å². The molecule has 0 aromatic heterocycles.